The van der Waals surface area contributed by atoms with E-state index in [1.165, 1.54) is 28.8 Å². The quantitative estimate of drug-likeness (QED) is 0.247. The van der Waals surface area contributed by atoms with Crippen molar-refractivity contribution in [3.63, 3.8) is 0 Å². The lowest BCUT2D eigenvalue weighted by Crippen LogP contribution is -2.54. The predicted octanol–water partition coefficient (Wildman–Crippen LogP) is 5.99. The number of carbonyl (C=O) groups is 2. The summed E-state index contributed by atoms with van der Waals surface area (Å²) < 4.78 is 35.1. The first-order chi connectivity index (χ1) is 19.8. The number of nitrogens with one attached hydrogen (secondary N) is 1. The highest BCUT2D eigenvalue weighted by Gasteiger charge is 2.34. The lowest BCUT2D eigenvalue weighted by Gasteiger charge is -2.34. The summed E-state index contributed by atoms with van der Waals surface area (Å²) in [4.78, 5) is 29.7. The number of hydrogen-bond donors (Lipinski definition) is 1. The van der Waals surface area contributed by atoms with Crippen molar-refractivity contribution in [3.8, 4) is 5.75 Å². The van der Waals surface area contributed by atoms with Crippen molar-refractivity contribution in [1.82, 2.24) is 10.2 Å². The first-order valence-electron chi connectivity index (χ1n) is 13.5. The molecule has 0 bridgehead atoms. The third-order valence-corrected chi connectivity index (χ3v) is 9.21. The Kier molecular flexibility index (Phi) is 11.3. The normalized spacial score (nSPS) is 12.4. The molecule has 0 aromatic heterocycles. The topological polar surface area (TPSA) is 96.0 Å². The van der Waals surface area contributed by atoms with Crippen molar-refractivity contribution in [2.24, 2.45) is 0 Å². The van der Waals surface area contributed by atoms with E-state index >= 15 is 0 Å². The van der Waals surface area contributed by atoms with E-state index in [4.69, 9.17) is 16.3 Å². The van der Waals surface area contributed by atoms with Crippen LogP contribution in [-0.2, 0) is 26.2 Å². The summed E-state index contributed by atoms with van der Waals surface area (Å²) in [6, 6.07) is 19.2. The van der Waals surface area contributed by atoms with Crippen LogP contribution >= 0.6 is 23.4 Å². The molecule has 3 rings (SSSR count). The molecule has 0 aliphatic heterocycles. The second-order valence-corrected chi connectivity index (χ2v) is 13.8. The summed E-state index contributed by atoms with van der Waals surface area (Å²) in [5.41, 5.74) is 0.296. The lowest BCUT2D eigenvalue weighted by molar-refractivity contribution is -0.140. The maximum atomic E-state index is 14.2. The molecule has 0 saturated heterocycles. The number of nitrogens with zero attached hydrogens (tertiary/aromatic N) is 2. The van der Waals surface area contributed by atoms with Gasteiger partial charge in [0, 0.05) is 22.0 Å². The molecule has 8 nitrogen and oxygen atoms in total. The Morgan fingerprint density at radius 3 is 2.21 bits per heavy atom. The molecule has 1 atom stereocenters. The Bertz CT molecular complexity index is 1490. The molecular weight excluding hydrogens is 594 g/mol. The van der Waals surface area contributed by atoms with E-state index in [-0.39, 0.29) is 23.0 Å². The molecule has 3 aromatic rings. The van der Waals surface area contributed by atoms with Gasteiger partial charge in [-0.15, -0.1) is 11.8 Å². The molecule has 0 saturated carbocycles. The summed E-state index contributed by atoms with van der Waals surface area (Å²) in [5, 5.41) is 3.34. The third kappa shape index (κ3) is 8.42. The van der Waals surface area contributed by atoms with E-state index in [1.54, 1.807) is 74.5 Å². The molecule has 42 heavy (non-hydrogen) atoms. The predicted molar refractivity (Wildman–Crippen MR) is 170 cm³/mol. The Labute approximate surface area is 258 Å². The number of hydrogen-bond acceptors (Lipinski definition) is 6. The first kappa shape index (κ1) is 33.3. The zero-order valence-corrected chi connectivity index (χ0v) is 27.1. The summed E-state index contributed by atoms with van der Waals surface area (Å²) in [7, 11) is -4.23. The number of halogens is 1. The van der Waals surface area contributed by atoms with Crippen LogP contribution < -0.4 is 14.4 Å². The molecule has 3 aromatic carbocycles. The van der Waals surface area contributed by atoms with E-state index in [2.05, 4.69) is 5.32 Å². The fraction of sp³-hybridized carbons (Fsp3) is 0.355. The number of amides is 2. The van der Waals surface area contributed by atoms with Crippen molar-refractivity contribution in [1.29, 1.82) is 0 Å². The third-order valence-electron chi connectivity index (χ3n) is 6.32. The van der Waals surface area contributed by atoms with Crippen molar-refractivity contribution in [2.45, 2.75) is 62.5 Å². The van der Waals surface area contributed by atoms with E-state index in [0.717, 1.165) is 9.20 Å². The van der Waals surface area contributed by atoms with Gasteiger partial charge in [0.2, 0.25) is 11.8 Å². The summed E-state index contributed by atoms with van der Waals surface area (Å²) >= 11 is 7.93. The molecule has 1 N–H and O–H groups in total. The lowest BCUT2D eigenvalue weighted by atomic mass is 10.1. The standard InChI is InChI=1S/C31H38ClN3O5S2/c1-7-40-28-15-11-10-14-27(28)35(42(38,39)25-18-16-24(41-6)17-19-25)21-29(36)34(20-23-12-8-9-13-26(23)32)22(2)30(37)33-31(3,4)5/h8-19,22H,7,20-21H2,1-6H3,(H,33,37)/t22-/m0/s1. The molecule has 226 valence electrons. The van der Waals surface area contributed by atoms with Crippen LogP contribution in [0.3, 0.4) is 0 Å². The number of rotatable bonds is 12. The van der Waals surface area contributed by atoms with Gasteiger partial charge in [0.25, 0.3) is 10.0 Å². The second kappa shape index (κ2) is 14.3. The Hall–Kier alpha value is -3.21. The summed E-state index contributed by atoms with van der Waals surface area (Å²) in [5.74, 6) is -0.643. The van der Waals surface area contributed by atoms with Crippen LogP contribution in [0.15, 0.2) is 82.6 Å². The van der Waals surface area contributed by atoms with Crippen LogP contribution in [0.2, 0.25) is 5.02 Å². The minimum absolute atomic E-state index is 0.000646. The minimum atomic E-state index is -4.23. The van der Waals surface area contributed by atoms with E-state index in [1.807, 2.05) is 27.0 Å². The van der Waals surface area contributed by atoms with Gasteiger partial charge in [-0.05, 0) is 88.9 Å². The van der Waals surface area contributed by atoms with Gasteiger partial charge in [-0.3, -0.25) is 13.9 Å². The van der Waals surface area contributed by atoms with Crippen molar-refractivity contribution in [2.75, 3.05) is 23.7 Å². The van der Waals surface area contributed by atoms with Crippen molar-refractivity contribution in [3.05, 3.63) is 83.4 Å². The van der Waals surface area contributed by atoms with Gasteiger partial charge in [0.1, 0.15) is 18.3 Å². The number of sulfonamides is 1. The summed E-state index contributed by atoms with van der Waals surface area (Å²) in [6.45, 7) is 8.67. The van der Waals surface area contributed by atoms with Crippen LogP contribution in [0.25, 0.3) is 0 Å². The van der Waals surface area contributed by atoms with E-state index in [0.29, 0.717) is 22.9 Å². The second-order valence-electron chi connectivity index (χ2n) is 10.6. The zero-order chi connectivity index (χ0) is 31.1. The molecule has 11 heteroatoms. The van der Waals surface area contributed by atoms with Gasteiger partial charge in [-0.2, -0.15) is 0 Å². The fourth-order valence-corrected chi connectivity index (χ4v) is 6.22. The SMILES string of the molecule is CCOc1ccccc1N(CC(=O)N(Cc1ccccc1Cl)[C@@H](C)C(=O)NC(C)(C)C)S(=O)(=O)c1ccc(SC)cc1. The van der Waals surface area contributed by atoms with Crippen LogP contribution in [0.5, 0.6) is 5.75 Å². The van der Waals surface area contributed by atoms with Crippen LogP contribution in [0, 0.1) is 0 Å². The molecule has 0 unspecified atom stereocenters. The largest absolute Gasteiger partial charge is 0.492 e. The van der Waals surface area contributed by atoms with Crippen molar-refractivity contribution >= 4 is 50.9 Å². The van der Waals surface area contributed by atoms with Gasteiger partial charge < -0.3 is 15.0 Å². The highest BCUT2D eigenvalue weighted by molar-refractivity contribution is 7.98. The van der Waals surface area contributed by atoms with Gasteiger partial charge in [-0.1, -0.05) is 41.9 Å². The number of anilines is 1. The molecule has 0 radical (unpaired) electrons. The number of carbonyl (C=O) groups excluding carboxylic acids is 2. The van der Waals surface area contributed by atoms with Crippen LogP contribution in [0.1, 0.15) is 40.2 Å². The average molecular weight is 632 g/mol. The van der Waals surface area contributed by atoms with Gasteiger partial charge >= 0.3 is 0 Å². The smallest absolute Gasteiger partial charge is 0.264 e. The molecule has 0 aliphatic rings. The summed E-state index contributed by atoms with van der Waals surface area (Å²) in [6.07, 6.45) is 1.90. The van der Waals surface area contributed by atoms with E-state index < -0.39 is 34.1 Å². The number of ether oxygens (including phenoxy) is 1. The molecule has 0 heterocycles. The highest BCUT2D eigenvalue weighted by atomic mass is 35.5. The molecule has 2 amide bonds. The van der Waals surface area contributed by atoms with Gasteiger partial charge in [-0.25, -0.2) is 8.42 Å². The fourth-order valence-electron chi connectivity index (χ4n) is 4.20. The average Bonchev–Trinajstić information content (AvgIpc) is 2.94. The number of para-hydroxylation sites is 2. The highest BCUT2D eigenvalue weighted by Crippen LogP contribution is 2.33. The molecule has 0 fully saturated rings. The minimum Gasteiger partial charge on any atom is -0.492 e. The van der Waals surface area contributed by atoms with Gasteiger partial charge in [0.15, 0.2) is 0 Å². The monoisotopic (exact) mass is 631 g/mol. The van der Waals surface area contributed by atoms with Crippen LogP contribution in [-0.4, -0.2) is 56.1 Å². The first-order valence-corrected chi connectivity index (χ1v) is 16.6. The maximum Gasteiger partial charge on any atom is 0.264 e. The Balaban J connectivity index is 2.10. The molecule has 0 aliphatic carbocycles. The molecular formula is C31H38ClN3O5S2. The molecule has 0 spiro atoms. The Morgan fingerprint density at radius 1 is 1.00 bits per heavy atom. The van der Waals surface area contributed by atoms with E-state index in [9.17, 15) is 18.0 Å². The maximum absolute atomic E-state index is 14.2. The van der Waals surface area contributed by atoms with Gasteiger partial charge in [0.05, 0.1) is 17.2 Å². The number of thioether (sulfide) groups is 1. The Morgan fingerprint density at radius 2 is 1.62 bits per heavy atom. The number of benzene rings is 3. The zero-order valence-electron chi connectivity index (χ0n) is 24.8. The van der Waals surface area contributed by atoms with Crippen LogP contribution in [0.4, 0.5) is 5.69 Å². The van der Waals surface area contributed by atoms with Crippen molar-refractivity contribution < 1.29 is 22.7 Å².